The molecule has 0 aliphatic heterocycles. The molecule has 2 aromatic heterocycles. The zero-order valence-electron chi connectivity index (χ0n) is 4.73. The Morgan fingerprint density at radius 1 is 1.44 bits per heavy atom. The molecule has 2 rings (SSSR count). The molecule has 0 saturated heterocycles. The maximum absolute atomic E-state index is 3.99. The molecule has 2 nitrogen and oxygen atoms in total. The molecule has 9 heavy (non-hydrogen) atoms. The van der Waals surface area contributed by atoms with E-state index in [0.717, 1.165) is 0 Å². The van der Waals surface area contributed by atoms with E-state index in [2.05, 4.69) is 15.2 Å². The van der Waals surface area contributed by atoms with E-state index >= 15 is 0 Å². The number of nitrogens with zero attached hydrogens (tertiary/aromatic N) is 2. The minimum absolute atomic E-state index is 1.23. The van der Waals surface area contributed by atoms with Crippen LogP contribution in [0, 0.1) is 0 Å². The van der Waals surface area contributed by atoms with Gasteiger partial charge in [-0.15, -0.1) is 0 Å². The third-order valence-corrected chi connectivity index (χ3v) is 2.10. The summed E-state index contributed by atoms with van der Waals surface area (Å²) in [4.78, 5) is 3.99. The Morgan fingerprint density at radius 2 is 2.44 bits per heavy atom. The van der Waals surface area contributed by atoms with E-state index in [1.54, 1.807) is 6.20 Å². The molecule has 0 amide bonds. The molecule has 0 unspecified atom stereocenters. The van der Waals surface area contributed by atoms with Crippen molar-refractivity contribution in [3.8, 4) is 0 Å². The Morgan fingerprint density at radius 3 is 3.33 bits per heavy atom. The van der Waals surface area contributed by atoms with Crippen molar-refractivity contribution in [2.45, 2.75) is 0 Å². The molecule has 0 bridgehead atoms. The first kappa shape index (κ1) is 4.95. The molecule has 0 radical (unpaired) electrons. The van der Waals surface area contributed by atoms with Gasteiger partial charge in [-0.1, -0.05) is 0 Å². The molecule has 2 heterocycles. The third kappa shape index (κ3) is 0.718. The summed E-state index contributed by atoms with van der Waals surface area (Å²) in [7, 11) is 1.24. The zero-order chi connectivity index (χ0) is 6.10. The minimum atomic E-state index is 1.23. The zero-order valence-corrected chi connectivity index (χ0v) is 5.62. The molecular weight excluding hydrogens is 131 g/mol. The monoisotopic (exact) mass is 136 g/mol. The van der Waals surface area contributed by atoms with E-state index in [4.69, 9.17) is 0 Å². The summed E-state index contributed by atoms with van der Waals surface area (Å²) in [6.45, 7) is 0. The predicted molar refractivity (Wildman–Crippen MR) is 37.7 cm³/mol. The summed E-state index contributed by atoms with van der Waals surface area (Å²) >= 11 is 0. The van der Waals surface area contributed by atoms with Gasteiger partial charge < -0.3 is 4.40 Å². The maximum atomic E-state index is 3.99. The van der Waals surface area contributed by atoms with Gasteiger partial charge in [0, 0.05) is 18.6 Å². The van der Waals surface area contributed by atoms with Crippen LogP contribution >= 0.6 is 8.19 Å². The highest BCUT2D eigenvalue weighted by molar-refractivity contribution is 7.35. The lowest BCUT2D eigenvalue weighted by molar-refractivity contribution is 1.15. The fourth-order valence-corrected chi connectivity index (χ4v) is 1.53. The Bertz CT molecular complexity index is 285. The molecule has 0 spiro atoms. The lowest BCUT2D eigenvalue weighted by atomic mass is 10.7. The van der Waals surface area contributed by atoms with Crippen molar-refractivity contribution in [1.82, 2.24) is 9.38 Å². The van der Waals surface area contributed by atoms with Crippen LogP contribution in [-0.4, -0.2) is 9.38 Å². The van der Waals surface area contributed by atoms with Crippen LogP contribution in [0.25, 0.3) is 5.25 Å². The summed E-state index contributed by atoms with van der Waals surface area (Å²) in [6.07, 6.45) is 7.65. The Labute approximate surface area is 54.3 Å². The number of fused-ring (bicyclic) bond motifs is 1. The Balaban J connectivity index is 2.95. The van der Waals surface area contributed by atoms with Crippen molar-refractivity contribution >= 4 is 13.4 Å². The van der Waals surface area contributed by atoms with Crippen molar-refractivity contribution in [3.05, 3.63) is 30.6 Å². The molecule has 2 aromatic rings. The summed E-state index contributed by atoms with van der Waals surface area (Å²) in [5.41, 5.74) is 0. The average Bonchev–Trinajstić information content (AvgIpc) is 2.33. The van der Waals surface area contributed by atoms with E-state index < -0.39 is 0 Å². The fourth-order valence-electron chi connectivity index (χ4n) is 0.771. The van der Waals surface area contributed by atoms with Crippen molar-refractivity contribution in [1.29, 1.82) is 0 Å². The van der Waals surface area contributed by atoms with Gasteiger partial charge in [-0.25, -0.2) is 0 Å². The molecule has 0 saturated carbocycles. The normalized spacial score (nSPS) is 11.1. The van der Waals surface area contributed by atoms with Crippen molar-refractivity contribution in [3.63, 3.8) is 0 Å². The first-order chi connectivity index (χ1) is 4.47. The summed E-state index contributed by atoms with van der Waals surface area (Å²) in [6, 6.07) is 0. The second kappa shape index (κ2) is 1.82. The lowest BCUT2D eigenvalue weighted by Crippen LogP contribution is -1.78. The van der Waals surface area contributed by atoms with Gasteiger partial charge in [-0.05, 0) is 14.0 Å². The Kier molecular flexibility index (Phi) is 0.998. The molecular formula is C6H5N2P. The average molecular weight is 136 g/mol. The number of aromatic nitrogens is 2. The van der Waals surface area contributed by atoms with E-state index in [0.29, 0.717) is 0 Å². The quantitative estimate of drug-likeness (QED) is 0.540. The van der Waals surface area contributed by atoms with E-state index in [1.165, 1.54) is 13.4 Å². The van der Waals surface area contributed by atoms with Gasteiger partial charge in [-0.3, -0.25) is 4.98 Å². The Hall–Kier alpha value is -0.880. The predicted octanol–water partition coefficient (Wildman–Crippen LogP) is 1.91. The minimum Gasteiger partial charge on any atom is -0.317 e. The summed E-state index contributed by atoms with van der Waals surface area (Å²) in [5.74, 6) is 2.09. The topological polar surface area (TPSA) is 17.3 Å². The highest BCUT2D eigenvalue weighted by Gasteiger charge is 1.85. The second-order valence-electron chi connectivity index (χ2n) is 1.77. The maximum Gasteiger partial charge on any atom is 0.0909 e. The van der Waals surface area contributed by atoms with E-state index in [-0.39, 0.29) is 0 Å². The van der Waals surface area contributed by atoms with Crippen LogP contribution in [0.15, 0.2) is 30.6 Å². The first-order valence-electron chi connectivity index (χ1n) is 2.69. The van der Waals surface area contributed by atoms with Crippen LogP contribution in [0.4, 0.5) is 0 Å². The van der Waals surface area contributed by atoms with Gasteiger partial charge in [0.1, 0.15) is 0 Å². The van der Waals surface area contributed by atoms with Gasteiger partial charge in [0.05, 0.1) is 11.4 Å². The highest BCUT2D eigenvalue weighted by atomic mass is 31.0. The molecule has 44 valence electrons. The van der Waals surface area contributed by atoms with Gasteiger partial charge >= 0.3 is 0 Å². The lowest BCUT2D eigenvalue weighted by Gasteiger charge is -1.87. The van der Waals surface area contributed by atoms with Crippen molar-refractivity contribution in [2.24, 2.45) is 0 Å². The largest absolute Gasteiger partial charge is 0.317 e. The summed E-state index contributed by atoms with van der Waals surface area (Å²) in [5, 5.41) is 1.23. The van der Waals surface area contributed by atoms with Crippen molar-refractivity contribution in [2.75, 3.05) is 0 Å². The molecule has 0 fully saturated rings. The van der Waals surface area contributed by atoms with Gasteiger partial charge in [0.2, 0.25) is 0 Å². The van der Waals surface area contributed by atoms with Gasteiger partial charge in [-0.2, -0.15) is 0 Å². The SMILES string of the molecule is c1cn2ccpc2cn1. The third-order valence-electron chi connectivity index (χ3n) is 1.20. The molecule has 3 heteroatoms. The van der Waals surface area contributed by atoms with Crippen LogP contribution < -0.4 is 0 Å². The van der Waals surface area contributed by atoms with E-state index in [9.17, 15) is 0 Å². The second-order valence-corrected chi connectivity index (χ2v) is 2.78. The fraction of sp³-hybridized carbons (Fsp3) is 0. The highest BCUT2D eigenvalue weighted by Crippen LogP contribution is 2.13. The van der Waals surface area contributed by atoms with Crippen LogP contribution in [0.1, 0.15) is 0 Å². The van der Waals surface area contributed by atoms with Crippen molar-refractivity contribution < 1.29 is 0 Å². The number of hydrogen-bond donors (Lipinski definition) is 0. The van der Waals surface area contributed by atoms with Crippen LogP contribution in [0.3, 0.4) is 0 Å². The van der Waals surface area contributed by atoms with Gasteiger partial charge in [0.25, 0.3) is 0 Å². The standard InChI is InChI=1S/C6H5N2P/c1-2-8-3-4-9-6(8)5-7-1/h1-5H. The molecule has 0 aliphatic carbocycles. The number of hydrogen-bond acceptors (Lipinski definition) is 1. The van der Waals surface area contributed by atoms with Gasteiger partial charge in [0.15, 0.2) is 0 Å². The first-order valence-corrected chi connectivity index (χ1v) is 3.66. The van der Waals surface area contributed by atoms with Crippen LogP contribution in [0.2, 0.25) is 0 Å². The smallest absolute Gasteiger partial charge is 0.0909 e. The van der Waals surface area contributed by atoms with Crippen LogP contribution in [0.5, 0.6) is 0 Å². The number of rotatable bonds is 0. The summed E-state index contributed by atoms with van der Waals surface area (Å²) < 4.78 is 2.06. The molecule has 0 aromatic carbocycles. The molecule has 0 atom stereocenters. The molecule has 0 N–H and O–H groups in total. The molecule has 0 aliphatic rings. The van der Waals surface area contributed by atoms with Crippen LogP contribution in [-0.2, 0) is 0 Å². The van der Waals surface area contributed by atoms with E-state index in [1.807, 2.05) is 18.6 Å².